The Labute approximate surface area is 173 Å². The van der Waals surface area contributed by atoms with Gasteiger partial charge in [-0.1, -0.05) is 12.1 Å². The number of nitrogens with one attached hydrogen (secondary N) is 2. The van der Waals surface area contributed by atoms with Gasteiger partial charge in [0, 0.05) is 13.0 Å². The summed E-state index contributed by atoms with van der Waals surface area (Å²) in [5.74, 6) is -2.19. The highest BCUT2D eigenvalue weighted by molar-refractivity contribution is 6.06. The normalized spacial score (nSPS) is 14.8. The fourth-order valence-electron chi connectivity index (χ4n) is 2.79. The van der Waals surface area contributed by atoms with Gasteiger partial charge in [-0.25, -0.2) is 9.59 Å². The number of carbonyl (C=O) groups is 5. The Bertz CT molecular complexity index is 851. The third-order valence-corrected chi connectivity index (χ3v) is 4.27. The second-order valence-electron chi connectivity index (χ2n) is 7.09. The minimum absolute atomic E-state index is 0.0653. The number of urea groups is 1. The average molecular weight is 419 g/mol. The number of esters is 2. The summed E-state index contributed by atoms with van der Waals surface area (Å²) < 4.78 is 9.84. The standard InChI is InChI=1S/C20H25N3O7/c1-4-29-17(26)13-8-5-6-9-14(13)21-15(24)12-30-16(25)10-7-11-23-18(27)20(2,3)22-19(23)28/h5-6,8-9H,4,7,10-12H2,1-3H3,(H,21,24)(H,22,28). The molecule has 2 rings (SSSR count). The van der Waals surface area contributed by atoms with Gasteiger partial charge in [0.2, 0.25) is 0 Å². The highest BCUT2D eigenvalue weighted by Gasteiger charge is 2.43. The Morgan fingerprint density at radius 2 is 1.83 bits per heavy atom. The molecule has 1 aliphatic rings. The molecule has 0 radical (unpaired) electrons. The molecule has 1 saturated heterocycles. The van der Waals surface area contributed by atoms with Crippen LogP contribution in [0.3, 0.4) is 0 Å². The van der Waals surface area contributed by atoms with E-state index in [2.05, 4.69) is 10.6 Å². The lowest BCUT2D eigenvalue weighted by molar-refractivity contribution is -0.147. The van der Waals surface area contributed by atoms with Crippen LogP contribution in [0.2, 0.25) is 0 Å². The summed E-state index contributed by atoms with van der Waals surface area (Å²) in [6, 6.07) is 5.82. The van der Waals surface area contributed by atoms with Gasteiger partial charge < -0.3 is 20.1 Å². The number of imide groups is 1. The number of hydrogen-bond acceptors (Lipinski definition) is 7. The van der Waals surface area contributed by atoms with E-state index in [0.717, 1.165) is 4.90 Å². The number of rotatable bonds is 9. The van der Waals surface area contributed by atoms with Gasteiger partial charge in [0.15, 0.2) is 6.61 Å². The lowest BCUT2D eigenvalue weighted by Crippen LogP contribution is -2.40. The van der Waals surface area contributed by atoms with Crippen LogP contribution in [0, 0.1) is 0 Å². The van der Waals surface area contributed by atoms with Crippen molar-refractivity contribution in [2.24, 2.45) is 0 Å². The van der Waals surface area contributed by atoms with Gasteiger partial charge in [-0.2, -0.15) is 0 Å². The summed E-state index contributed by atoms with van der Waals surface area (Å²) in [6.45, 7) is 4.60. The Hall–Kier alpha value is -3.43. The molecule has 1 aromatic carbocycles. The molecular formula is C20H25N3O7. The van der Waals surface area contributed by atoms with Crippen molar-refractivity contribution < 1.29 is 33.4 Å². The van der Waals surface area contributed by atoms with Gasteiger partial charge in [0.1, 0.15) is 5.54 Å². The summed E-state index contributed by atoms with van der Waals surface area (Å²) >= 11 is 0. The van der Waals surface area contributed by atoms with Crippen LogP contribution in [0.1, 0.15) is 44.0 Å². The van der Waals surface area contributed by atoms with Crippen molar-refractivity contribution in [1.29, 1.82) is 0 Å². The van der Waals surface area contributed by atoms with Gasteiger partial charge in [-0.3, -0.25) is 19.3 Å². The molecule has 1 aliphatic heterocycles. The summed E-state index contributed by atoms with van der Waals surface area (Å²) in [4.78, 5) is 60.7. The van der Waals surface area contributed by atoms with E-state index in [-0.39, 0.29) is 43.2 Å². The number of para-hydroxylation sites is 1. The maximum Gasteiger partial charge on any atom is 0.340 e. The zero-order chi connectivity index (χ0) is 22.3. The quantitative estimate of drug-likeness (QED) is 0.457. The number of hydrogen-bond donors (Lipinski definition) is 2. The second-order valence-corrected chi connectivity index (χ2v) is 7.09. The van der Waals surface area contributed by atoms with Crippen molar-refractivity contribution in [3.8, 4) is 0 Å². The first-order valence-corrected chi connectivity index (χ1v) is 9.51. The van der Waals surface area contributed by atoms with E-state index in [9.17, 15) is 24.0 Å². The Balaban J connectivity index is 1.77. The van der Waals surface area contributed by atoms with E-state index >= 15 is 0 Å². The average Bonchev–Trinajstić information content (AvgIpc) is 2.88. The molecule has 10 heteroatoms. The van der Waals surface area contributed by atoms with Crippen molar-refractivity contribution in [2.75, 3.05) is 25.1 Å². The molecule has 1 heterocycles. The maximum absolute atomic E-state index is 12.1. The minimum atomic E-state index is -0.963. The number of benzene rings is 1. The lowest BCUT2D eigenvalue weighted by Gasteiger charge is -2.15. The van der Waals surface area contributed by atoms with E-state index in [0.29, 0.717) is 0 Å². The SMILES string of the molecule is CCOC(=O)c1ccccc1NC(=O)COC(=O)CCCN1C(=O)NC(C)(C)C1=O. The van der Waals surface area contributed by atoms with Gasteiger partial charge in [-0.15, -0.1) is 0 Å². The van der Waals surface area contributed by atoms with Gasteiger partial charge in [0.25, 0.3) is 11.8 Å². The van der Waals surface area contributed by atoms with Crippen molar-refractivity contribution in [2.45, 2.75) is 39.2 Å². The molecule has 30 heavy (non-hydrogen) atoms. The molecule has 0 atom stereocenters. The highest BCUT2D eigenvalue weighted by Crippen LogP contribution is 2.18. The number of ether oxygens (including phenoxy) is 2. The summed E-state index contributed by atoms with van der Waals surface area (Å²) in [5, 5.41) is 5.05. The molecule has 0 aliphatic carbocycles. The molecule has 10 nitrogen and oxygen atoms in total. The predicted molar refractivity (Wildman–Crippen MR) is 106 cm³/mol. The van der Waals surface area contributed by atoms with E-state index in [1.54, 1.807) is 32.9 Å². The van der Waals surface area contributed by atoms with Crippen molar-refractivity contribution in [3.63, 3.8) is 0 Å². The highest BCUT2D eigenvalue weighted by atomic mass is 16.5. The first-order valence-electron chi connectivity index (χ1n) is 9.51. The van der Waals surface area contributed by atoms with E-state index in [4.69, 9.17) is 9.47 Å². The fraction of sp³-hybridized carbons (Fsp3) is 0.450. The predicted octanol–water partition coefficient (Wildman–Crippen LogP) is 1.46. The Kier molecular flexibility index (Phi) is 7.51. The van der Waals surface area contributed by atoms with E-state index in [1.165, 1.54) is 12.1 Å². The number of carbonyl (C=O) groups excluding carboxylic acids is 5. The third kappa shape index (κ3) is 5.79. The molecule has 0 bridgehead atoms. The van der Waals surface area contributed by atoms with Crippen LogP contribution in [0.25, 0.3) is 0 Å². The van der Waals surface area contributed by atoms with E-state index in [1.807, 2.05) is 0 Å². The van der Waals surface area contributed by atoms with Crippen LogP contribution >= 0.6 is 0 Å². The Morgan fingerprint density at radius 1 is 1.13 bits per heavy atom. The van der Waals surface area contributed by atoms with Gasteiger partial charge in [-0.05, 0) is 39.3 Å². The molecule has 4 amide bonds. The lowest BCUT2D eigenvalue weighted by atomic mass is 10.1. The molecular weight excluding hydrogens is 394 g/mol. The number of nitrogens with zero attached hydrogens (tertiary/aromatic N) is 1. The monoisotopic (exact) mass is 419 g/mol. The molecule has 1 fully saturated rings. The van der Waals surface area contributed by atoms with Crippen LogP contribution in [-0.2, 0) is 23.9 Å². The zero-order valence-electron chi connectivity index (χ0n) is 17.1. The molecule has 162 valence electrons. The minimum Gasteiger partial charge on any atom is -0.462 e. The Morgan fingerprint density at radius 3 is 2.47 bits per heavy atom. The van der Waals surface area contributed by atoms with Crippen LogP contribution in [-0.4, -0.2) is 60.0 Å². The van der Waals surface area contributed by atoms with Crippen molar-refractivity contribution in [3.05, 3.63) is 29.8 Å². The fourth-order valence-corrected chi connectivity index (χ4v) is 2.79. The molecule has 1 aromatic rings. The number of amides is 4. The van der Waals surface area contributed by atoms with Gasteiger partial charge in [0.05, 0.1) is 17.9 Å². The molecule has 0 aromatic heterocycles. The number of anilines is 1. The van der Waals surface area contributed by atoms with Crippen LogP contribution in [0.5, 0.6) is 0 Å². The van der Waals surface area contributed by atoms with Crippen LogP contribution < -0.4 is 10.6 Å². The zero-order valence-corrected chi connectivity index (χ0v) is 17.1. The maximum atomic E-state index is 12.1. The van der Waals surface area contributed by atoms with E-state index < -0.39 is 36.0 Å². The summed E-state index contributed by atoms with van der Waals surface area (Å²) in [7, 11) is 0. The first-order chi connectivity index (χ1) is 14.2. The first kappa shape index (κ1) is 22.9. The van der Waals surface area contributed by atoms with Crippen LogP contribution in [0.15, 0.2) is 24.3 Å². The summed E-state index contributed by atoms with van der Waals surface area (Å²) in [6.07, 6.45) is 0.144. The molecule has 0 saturated carbocycles. The molecule has 2 N–H and O–H groups in total. The smallest absolute Gasteiger partial charge is 0.340 e. The third-order valence-electron chi connectivity index (χ3n) is 4.27. The van der Waals surface area contributed by atoms with Crippen LogP contribution in [0.4, 0.5) is 10.5 Å². The van der Waals surface area contributed by atoms with Crippen molar-refractivity contribution >= 4 is 35.5 Å². The molecule has 0 spiro atoms. The second kappa shape index (κ2) is 9.86. The summed E-state index contributed by atoms with van der Waals surface area (Å²) in [5.41, 5.74) is -0.524. The van der Waals surface area contributed by atoms with Crippen molar-refractivity contribution in [1.82, 2.24) is 10.2 Å². The topological polar surface area (TPSA) is 131 Å². The largest absolute Gasteiger partial charge is 0.462 e. The van der Waals surface area contributed by atoms with Gasteiger partial charge >= 0.3 is 18.0 Å². The molecule has 0 unspecified atom stereocenters.